The van der Waals surface area contributed by atoms with Crippen molar-refractivity contribution >= 4 is 11.6 Å². The minimum atomic E-state index is 0. The summed E-state index contributed by atoms with van der Waals surface area (Å²) in [7, 11) is 0. The van der Waals surface area contributed by atoms with Crippen LogP contribution in [-0.4, -0.2) is 31.2 Å². The third-order valence-electron chi connectivity index (χ3n) is 3.20. The molecule has 0 aromatic carbocycles. The molecule has 1 aromatic heterocycles. The zero-order valence-electron chi connectivity index (χ0n) is 10.5. The highest BCUT2D eigenvalue weighted by Crippen LogP contribution is 2.19. The van der Waals surface area contributed by atoms with Gasteiger partial charge >= 0.3 is 0 Å². The molecule has 1 aliphatic rings. The number of hydrogen-bond acceptors (Lipinski definition) is 2. The van der Waals surface area contributed by atoms with Crippen molar-refractivity contribution < 1.29 is 22.0 Å². The summed E-state index contributed by atoms with van der Waals surface area (Å²) < 4.78 is 5.57. The van der Waals surface area contributed by atoms with Crippen molar-refractivity contribution in [3.05, 3.63) is 23.4 Å². The number of likely N-dealkylation sites (tertiary alicyclic amines) is 1. The van der Waals surface area contributed by atoms with E-state index >= 15 is 0 Å². The summed E-state index contributed by atoms with van der Waals surface area (Å²) >= 11 is 5.96. The van der Waals surface area contributed by atoms with E-state index < -0.39 is 0 Å². The Hall–Kier alpha value is -0.510. The smallest absolute Gasteiger partial charge is 0.232 e. The second kappa shape index (κ2) is 8.57. The predicted molar refractivity (Wildman–Crippen MR) is 68.8 cm³/mol. The Morgan fingerprint density at radius 3 is 2.78 bits per heavy atom. The minimum absolute atomic E-state index is 0. The Morgan fingerprint density at radius 2 is 2.06 bits per heavy atom. The molecule has 1 aliphatic heterocycles. The van der Waals surface area contributed by atoms with Gasteiger partial charge in [0.15, 0.2) is 0 Å². The van der Waals surface area contributed by atoms with Gasteiger partial charge in [-0.25, -0.2) is 4.98 Å². The molecule has 1 aromatic rings. The Bertz CT molecular complexity index is 344. The molecule has 0 radical (unpaired) electrons. The number of ether oxygens (including phenoxy) is 1. The van der Waals surface area contributed by atoms with Crippen LogP contribution >= 0.6 is 11.6 Å². The number of quaternary nitrogens is 1. The normalized spacial score (nSPS) is 16.1. The van der Waals surface area contributed by atoms with Crippen LogP contribution in [0, 0.1) is 0 Å². The minimum Gasteiger partial charge on any atom is -1.00 e. The SMILES string of the molecule is Clc1cccnc1OCCC[NH+]1CCCCC1.[Cl-]. The van der Waals surface area contributed by atoms with E-state index in [1.54, 1.807) is 17.2 Å². The second-order valence-electron chi connectivity index (χ2n) is 4.55. The van der Waals surface area contributed by atoms with Crippen molar-refractivity contribution in [1.82, 2.24) is 4.98 Å². The lowest BCUT2D eigenvalue weighted by molar-refractivity contribution is -0.905. The van der Waals surface area contributed by atoms with Crippen LogP contribution in [-0.2, 0) is 0 Å². The van der Waals surface area contributed by atoms with Crippen LogP contribution < -0.4 is 22.0 Å². The lowest BCUT2D eigenvalue weighted by atomic mass is 10.1. The summed E-state index contributed by atoms with van der Waals surface area (Å²) in [5, 5.41) is 0.595. The van der Waals surface area contributed by atoms with Crippen LogP contribution in [0.5, 0.6) is 5.88 Å². The van der Waals surface area contributed by atoms with Crippen LogP contribution in [0.2, 0.25) is 5.02 Å². The fourth-order valence-corrected chi connectivity index (χ4v) is 2.45. The molecule has 0 atom stereocenters. The van der Waals surface area contributed by atoms with Gasteiger partial charge in [0.05, 0.1) is 26.2 Å². The Labute approximate surface area is 120 Å². The summed E-state index contributed by atoms with van der Waals surface area (Å²) in [4.78, 5) is 5.82. The number of hydrogen-bond donors (Lipinski definition) is 1. The first kappa shape index (κ1) is 15.5. The third kappa shape index (κ3) is 5.01. The average molecular weight is 291 g/mol. The molecule has 0 saturated carbocycles. The molecule has 18 heavy (non-hydrogen) atoms. The highest BCUT2D eigenvalue weighted by atomic mass is 35.5. The van der Waals surface area contributed by atoms with Gasteiger partial charge in [0, 0.05) is 12.6 Å². The maximum Gasteiger partial charge on any atom is 0.232 e. The van der Waals surface area contributed by atoms with Crippen molar-refractivity contribution in [2.75, 3.05) is 26.2 Å². The highest BCUT2D eigenvalue weighted by molar-refractivity contribution is 6.31. The Kier molecular flexibility index (Phi) is 7.40. The van der Waals surface area contributed by atoms with E-state index in [9.17, 15) is 0 Å². The van der Waals surface area contributed by atoms with E-state index in [4.69, 9.17) is 16.3 Å². The van der Waals surface area contributed by atoms with Gasteiger partial charge in [0.1, 0.15) is 5.02 Å². The number of pyridine rings is 1. The van der Waals surface area contributed by atoms with Crippen LogP contribution in [0.15, 0.2) is 18.3 Å². The first-order valence-corrected chi connectivity index (χ1v) is 6.81. The number of nitrogens with zero attached hydrogens (tertiary/aromatic N) is 1. The first-order chi connectivity index (χ1) is 8.36. The van der Waals surface area contributed by atoms with E-state index in [1.807, 2.05) is 6.07 Å². The molecule has 3 nitrogen and oxygen atoms in total. The number of halogens is 2. The largest absolute Gasteiger partial charge is 1.00 e. The topological polar surface area (TPSA) is 26.6 Å². The third-order valence-corrected chi connectivity index (χ3v) is 3.49. The summed E-state index contributed by atoms with van der Waals surface area (Å²) in [6.07, 6.45) is 6.94. The Morgan fingerprint density at radius 1 is 1.28 bits per heavy atom. The van der Waals surface area contributed by atoms with Crippen molar-refractivity contribution in [3.8, 4) is 5.88 Å². The molecule has 0 spiro atoms. The van der Waals surface area contributed by atoms with Crippen molar-refractivity contribution in [2.24, 2.45) is 0 Å². The standard InChI is InChI=1S/C13H19ClN2O.ClH/c14-12-6-4-7-15-13(12)17-11-5-10-16-8-2-1-3-9-16;/h4,6-7H,1-3,5,8-11H2;1H. The lowest BCUT2D eigenvalue weighted by Crippen LogP contribution is -3.12. The molecule has 2 rings (SSSR count). The average Bonchev–Trinajstić information content (AvgIpc) is 2.38. The molecule has 1 saturated heterocycles. The molecule has 0 aliphatic carbocycles. The summed E-state index contributed by atoms with van der Waals surface area (Å²) in [6.45, 7) is 4.55. The molecule has 0 amide bonds. The summed E-state index contributed by atoms with van der Waals surface area (Å²) in [6, 6.07) is 3.62. The number of aromatic nitrogens is 1. The quantitative estimate of drug-likeness (QED) is 0.674. The van der Waals surface area contributed by atoms with Gasteiger partial charge in [0.25, 0.3) is 0 Å². The van der Waals surface area contributed by atoms with Gasteiger partial charge in [-0.1, -0.05) is 11.6 Å². The zero-order chi connectivity index (χ0) is 11.9. The van der Waals surface area contributed by atoms with Gasteiger partial charge in [-0.2, -0.15) is 0 Å². The predicted octanol–water partition coefficient (Wildman–Crippen LogP) is -1.42. The van der Waals surface area contributed by atoms with Crippen molar-refractivity contribution in [3.63, 3.8) is 0 Å². The lowest BCUT2D eigenvalue weighted by Gasteiger charge is -2.23. The van der Waals surface area contributed by atoms with Gasteiger partial charge in [-0.05, 0) is 31.4 Å². The van der Waals surface area contributed by atoms with E-state index in [-0.39, 0.29) is 12.4 Å². The molecule has 2 heterocycles. The fourth-order valence-electron chi connectivity index (χ4n) is 2.27. The Balaban J connectivity index is 0.00000162. The fraction of sp³-hybridized carbons (Fsp3) is 0.615. The molecule has 5 heteroatoms. The van der Waals surface area contributed by atoms with Gasteiger partial charge in [-0.3, -0.25) is 0 Å². The molecule has 1 fully saturated rings. The van der Waals surface area contributed by atoms with E-state index in [2.05, 4.69) is 4.98 Å². The van der Waals surface area contributed by atoms with E-state index in [0.717, 1.165) is 6.42 Å². The van der Waals surface area contributed by atoms with Gasteiger partial charge in [-0.15, -0.1) is 0 Å². The molecule has 102 valence electrons. The number of piperidine rings is 1. The molecular weight excluding hydrogens is 271 g/mol. The summed E-state index contributed by atoms with van der Waals surface area (Å²) in [5.41, 5.74) is 0. The molecule has 1 N–H and O–H groups in total. The van der Waals surface area contributed by atoms with Gasteiger partial charge < -0.3 is 22.0 Å². The van der Waals surface area contributed by atoms with Gasteiger partial charge in [0.2, 0.25) is 5.88 Å². The monoisotopic (exact) mass is 290 g/mol. The zero-order valence-corrected chi connectivity index (χ0v) is 12.0. The van der Waals surface area contributed by atoms with E-state index in [0.29, 0.717) is 17.5 Å². The molecular formula is C13H20Cl2N2O. The molecule has 0 bridgehead atoms. The van der Waals surface area contributed by atoms with E-state index in [1.165, 1.54) is 38.9 Å². The van der Waals surface area contributed by atoms with Crippen LogP contribution in [0.25, 0.3) is 0 Å². The van der Waals surface area contributed by atoms with Crippen LogP contribution in [0.1, 0.15) is 25.7 Å². The number of rotatable bonds is 5. The highest BCUT2D eigenvalue weighted by Gasteiger charge is 2.12. The maximum absolute atomic E-state index is 5.96. The second-order valence-corrected chi connectivity index (χ2v) is 4.96. The maximum atomic E-state index is 5.96. The number of nitrogens with one attached hydrogen (secondary N) is 1. The van der Waals surface area contributed by atoms with Crippen LogP contribution in [0.3, 0.4) is 0 Å². The van der Waals surface area contributed by atoms with Crippen molar-refractivity contribution in [2.45, 2.75) is 25.7 Å². The molecule has 0 unspecified atom stereocenters. The van der Waals surface area contributed by atoms with Crippen molar-refractivity contribution in [1.29, 1.82) is 0 Å². The summed E-state index contributed by atoms with van der Waals surface area (Å²) in [5.74, 6) is 0.558. The van der Waals surface area contributed by atoms with Crippen LogP contribution in [0.4, 0.5) is 0 Å². The first-order valence-electron chi connectivity index (χ1n) is 6.43.